The molecule has 2 rings (SSSR count). The monoisotopic (exact) mass is 289 g/mol. The molecule has 20 heavy (non-hydrogen) atoms. The number of pyridine rings is 1. The van der Waals surface area contributed by atoms with Crippen LogP contribution in [0.25, 0.3) is 11.4 Å². The van der Waals surface area contributed by atoms with Crippen molar-refractivity contribution in [1.29, 1.82) is 0 Å². The smallest absolute Gasteiger partial charge is 0.317 e. The van der Waals surface area contributed by atoms with Crippen LogP contribution in [0.4, 0.5) is 0 Å². The average Bonchev–Trinajstić information content (AvgIpc) is 2.48. The van der Waals surface area contributed by atoms with Crippen LogP contribution < -0.4 is 0 Å². The van der Waals surface area contributed by atoms with Crippen molar-refractivity contribution in [2.75, 3.05) is 0 Å². The first-order chi connectivity index (χ1) is 9.70. The second-order valence-corrected chi connectivity index (χ2v) is 5.34. The summed E-state index contributed by atoms with van der Waals surface area (Å²) in [6.45, 7) is 1.96. The van der Waals surface area contributed by atoms with Gasteiger partial charge < -0.3 is 5.11 Å². The van der Waals surface area contributed by atoms with E-state index in [4.69, 9.17) is 5.11 Å². The summed E-state index contributed by atoms with van der Waals surface area (Å²) >= 11 is 1.18. The highest BCUT2D eigenvalue weighted by atomic mass is 32.2. The van der Waals surface area contributed by atoms with Gasteiger partial charge in [0.05, 0.1) is 11.4 Å². The van der Waals surface area contributed by atoms with Crippen LogP contribution >= 0.6 is 11.8 Å². The lowest BCUT2D eigenvalue weighted by atomic mass is 10.2. The van der Waals surface area contributed by atoms with Gasteiger partial charge in [-0.3, -0.25) is 9.78 Å². The number of rotatable bonds is 6. The van der Waals surface area contributed by atoms with Crippen LogP contribution in [0.3, 0.4) is 0 Å². The van der Waals surface area contributed by atoms with Gasteiger partial charge in [0, 0.05) is 12.4 Å². The number of carboxylic acids is 1. The van der Waals surface area contributed by atoms with Crippen LogP contribution in [-0.4, -0.2) is 31.3 Å². The Morgan fingerprint density at radius 2 is 2.10 bits per heavy atom. The SMILES string of the molecule is CCCC(Sc1nccc(-c2ccccn2)n1)C(=O)O. The van der Waals surface area contributed by atoms with E-state index in [0.29, 0.717) is 17.3 Å². The number of aromatic nitrogens is 3. The van der Waals surface area contributed by atoms with Gasteiger partial charge in [-0.05, 0) is 24.6 Å². The second kappa shape index (κ2) is 7.00. The van der Waals surface area contributed by atoms with Crippen molar-refractivity contribution in [2.45, 2.75) is 30.2 Å². The number of carboxylic acid groups (broad SMARTS) is 1. The first-order valence-corrected chi connectivity index (χ1v) is 7.22. The Labute approximate surface area is 121 Å². The minimum atomic E-state index is -0.830. The van der Waals surface area contributed by atoms with Crippen molar-refractivity contribution in [3.63, 3.8) is 0 Å². The number of nitrogens with zero attached hydrogens (tertiary/aromatic N) is 3. The highest BCUT2D eigenvalue weighted by Gasteiger charge is 2.19. The van der Waals surface area contributed by atoms with E-state index in [1.807, 2.05) is 25.1 Å². The molecule has 0 spiro atoms. The maximum Gasteiger partial charge on any atom is 0.317 e. The van der Waals surface area contributed by atoms with Gasteiger partial charge >= 0.3 is 5.97 Å². The van der Waals surface area contributed by atoms with Crippen LogP contribution in [0.1, 0.15) is 19.8 Å². The van der Waals surface area contributed by atoms with Gasteiger partial charge in [0.25, 0.3) is 0 Å². The first kappa shape index (κ1) is 14.5. The van der Waals surface area contributed by atoms with Crippen molar-refractivity contribution in [3.05, 3.63) is 36.7 Å². The molecule has 0 bridgehead atoms. The lowest BCUT2D eigenvalue weighted by molar-refractivity contribution is -0.136. The molecule has 0 aliphatic rings. The summed E-state index contributed by atoms with van der Waals surface area (Å²) < 4.78 is 0. The molecule has 0 aromatic carbocycles. The van der Waals surface area contributed by atoms with E-state index < -0.39 is 11.2 Å². The molecule has 104 valence electrons. The largest absolute Gasteiger partial charge is 0.480 e. The molecular formula is C14H15N3O2S. The predicted octanol–water partition coefficient (Wildman–Crippen LogP) is 2.88. The lowest BCUT2D eigenvalue weighted by Gasteiger charge is -2.09. The Morgan fingerprint density at radius 3 is 2.75 bits per heavy atom. The fraction of sp³-hybridized carbons (Fsp3) is 0.286. The zero-order chi connectivity index (χ0) is 14.4. The summed E-state index contributed by atoms with van der Waals surface area (Å²) in [7, 11) is 0. The molecule has 0 radical (unpaired) electrons. The van der Waals surface area contributed by atoms with E-state index in [1.165, 1.54) is 11.8 Å². The fourth-order valence-electron chi connectivity index (χ4n) is 1.68. The van der Waals surface area contributed by atoms with Gasteiger partial charge in [-0.25, -0.2) is 9.97 Å². The van der Waals surface area contributed by atoms with Crippen molar-refractivity contribution >= 4 is 17.7 Å². The topological polar surface area (TPSA) is 76.0 Å². The second-order valence-electron chi connectivity index (χ2n) is 4.17. The molecule has 1 atom stereocenters. The summed E-state index contributed by atoms with van der Waals surface area (Å²) in [5.74, 6) is -0.830. The van der Waals surface area contributed by atoms with Gasteiger partial charge in [0.15, 0.2) is 5.16 Å². The van der Waals surface area contributed by atoms with Gasteiger partial charge in [-0.1, -0.05) is 31.2 Å². The molecular weight excluding hydrogens is 274 g/mol. The number of hydrogen-bond acceptors (Lipinski definition) is 5. The van der Waals surface area contributed by atoms with Crippen LogP contribution in [-0.2, 0) is 4.79 Å². The molecule has 5 nitrogen and oxygen atoms in total. The molecule has 2 heterocycles. The minimum Gasteiger partial charge on any atom is -0.480 e. The van der Waals surface area contributed by atoms with Gasteiger partial charge in [0.2, 0.25) is 0 Å². The maximum atomic E-state index is 11.2. The molecule has 0 amide bonds. The summed E-state index contributed by atoms with van der Waals surface area (Å²) in [5.41, 5.74) is 1.45. The third kappa shape index (κ3) is 3.77. The Bertz CT molecular complexity index is 578. The highest BCUT2D eigenvalue weighted by molar-refractivity contribution is 8.00. The Hall–Kier alpha value is -1.95. The predicted molar refractivity (Wildman–Crippen MR) is 77.5 cm³/mol. The summed E-state index contributed by atoms with van der Waals surface area (Å²) in [6.07, 6.45) is 4.73. The zero-order valence-corrected chi connectivity index (χ0v) is 11.9. The van der Waals surface area contributed by atoms with Crippen LogP contribution in [0.15, 0.2) is 41.8 Å². The number of thioether (sulfide) groups is 1. The molecule has 1 N–H and O–H groups in total. The molecule has 0 aliphatic carbocycles. The molecule has 1 unspecified atom stereocenters. The lowest BCUT2D eigenvalue weighted by Crippen LogP contribution is -2.16. The molecule has 0 fully saturated rings. The van der Waals surface area contributed by atoms with E-state index >= 15 is 0 Å². The average molecular weight is 289 g/mol. The number of aliphatic carboxylic acids is 1. The standard InChI is InChI=1S/C14H15N3O2S/c1-2-5-12(13(18)19)20-14-16-9-7-11(17-14)10-6-3-4-8-15-10/h3-4,6-9,12H,2,5H2,1H3,(H,18,19). The highest BCUT2D eigenvalue weighted by Crippen LogP contribution is 2.25. The van der Waals surface area contributed by atoms with Crippen molar-refractivity contribution < 1.29 is 9.90 Å². The number of carbonyl (C=O) groups is 1. The van der Waals surface area contributed by atoms with E-state index in [2.05, 4.69) is 15.0 Å². The van der Waals surface area contributed by atoms with E-state index in [-0.39, 0.29) is 0 Å². The zero-order valence-electron chi connectivity index (χ0n) is 11.1. The van der Waals surface area contributed by atoms with Crippen LogP contribution in [0.2, 0.25) is 0 Å². The summed E-state index contributed by atoms with van der Waals surface area (Å²) in [5, 5.41) is 9.12. The Kier molecular flexibility index (Phi) is 5.06. The van der Waals surface area contributed by atoms with Gasteiger partial charge in [-0.15, -0.1) is 0 Å². The molecule has 0 aliphatic heterocycles. The summed E-state index contributed by atoms with van der Waals surface area (Å²) in [6, 6.07) is 7.34. The quantitative estimate of drug-likeness (QED) is 0.651. The Morgan fingerprint density at radius 1 is 1.25 bits per heavy atom. The van der Waals surface area contributed by atoms with Crippen molar-refractivity contribution in [3.8, 4) is 11.4 Å². The molecule has 0 saturated carbocycles. The van der Waals surface area contributed by atoms with Gasteiger partial charge in [-0.2, -0.15) is 0 Å². The van der Waals surface area contributed by atoms with E-state index in [9.17, 15) is 4.79 Å². The normalized spacial score (nSPS) is 12.1. The van der Waals surface area contributed by atoms with E-state index in [0.717, 1.165) is 12.1 Å². The molecule has 2 aromatic rings. The molecule has 6 heteroatoms. The molecule has 2 aromatic heterocycles. The van der Waals surface area contributed by atoms with Crippen LogP contribution in [0, 0.1) is 0 Å². The first-order valence-electron chi connectivity index (χ1n) is 6.34. The summed E-state index contributed by atoms with van der Waals surface area (Å²) in [4.78, 5) is 23.9. The minimum absolute atomic E-state index is 0.467. The third-order valence-corrected chi connectivity index (χ3v) is 3.76. The van der Waals surface area contributed by atoms with Crippen molar-refractivity contribution in [2.24, 2.45) is 0 Å². The van der Waals surface area contributed by atoms with E-state index in [1.54, 1.807) is 18.5 Å². The molecule has 0 saturated heterocycles. The van der Waals surface area contributed by atoms with Gasteiger partial charge in [0.1, 0.15) is 5.25 Å². The third-order valence-electron chi connectivity index (χ3n) is 2.63. The van der Waals surface area contributed by atoms with Crippen LogP contribution in [0.5, 0.6) is 0 Å². The number of hydrogen-bond donors (Lipinski definition) is 1. The fourth-order valence-corrected chi connectivity index (χ4v) is 2.66. The van der Waals surface area contributed by atoms with Crippen molar-refractivity contribution in [1.82, 2.24) is 15.0 Å². The Balaban J connectivity index is 2.19. The maximum absolute atomic E-state index is 11.2.